The summed E-state index contributed by atoms with van der Waals surface area (Å²) < 4.78 is 4.94. The molecule has 1 atom stereocenters. The second-order valence-electron chi connectivity index (χ2n) is 3.50. The molecule has 0 aromatic heterocycles. The summed E-state index contributed by atoms with van der Waals surface area (Å²) in [5, 5.41) is 8.25. The number of carbonyl (C=O) groups is 1. The van der Waals surface area contributed by atoms with Crippen LogP contribution in [0.2, 0.25) is 0 Å². The minimum Gasteiger partial charge on any atom is -0.459 e. The lowest BCUT2D eigenvalue weighted by atomic mass is 10.2. The van der Waals surface area contributed by atoms with E-state index in [1.165, 1.54) is 0 Å². The molecule has 0 saturated heterocycles. The Balaban J connectivity index is 3.98. The molecule has 0 spiro atoms. The summed E-state index contributed by atoms with van der Waals surface area (Å²) in [5.41, 5.74) is 4.80. The summed E-state index contributed by atoms with van der Waals surface area (Å²) in [6, 6.07) is 0.984. The number of rotatable bonds is 2. The van der Waals surface area contributed by atoms with Crippen molar-refractivity contribution in [1.29, 1.82) is 5.26 Å². The SMILES string of the molecule is CC(C)(C)OC(=O)C(N)CC#N. The molecule has 68 valence electrons. The normalized spacial score (nSPS) is 13.2. The maximum absolute atomic E-state index is 11.1. The van der Waals surface area contributed by atoms with E-state index in [4.69, 9.17) is 15.7 Å². The topological polar surface area (TPSA) is 76.1 Å². The van der Waals surface area contributed by atoms with Gasteiger partial charge < -0.3 is 10.5 Å². The van der Waals surface area contributed by atoms with E-state index in [-0.39, 0.29) is 6.42 Å². The summed E-state index contributed by atoms with van der Waals surface area (Å²) in [5.74, 6) is -0.524. The molecule has 0 bridgehead atoms. The van der Waals surface area contributed by atoms with Crippen molar-refractivity contribution in [3.8, 4) is 6.07 Å². The third-order valence-corrected chi connectivity index (χ3v) is 1.02. The lowest BCUT2D eigenvalue weighted by molar-refractivity contribution is -0.156. The summed E-state index contributed by atoms with van der Waals surface area (Å²) >= 11 is 0. The van der Waals surface area contributed by atoms with Crippen molar-refractivity contribution < 1.29 is 9.53 Å². The fourth-order valence-electron chi connectivity index (χ4n) is 0.559. The van der Waals surface area contributed by atoms with E-state index < -0.39 is 17.6 Å². The van der Waals surface area contributed by atoms with Crippen LogP contribution in [-0.2, 0) is 9.53 Å². The molecule has 0 aliphatic carbocycles. The molecular formula is C8H14N2O2. The standard InChI is InChI=1S/C8H14N2O2/c1-8(2,3)12-7(11)6(10)4-5-9/h6H,4,10H2,1-3H3. The van der Waals surface area contributed by atoms with Gasteiger partial charge in [-0.25, -0.2) is 0 Å². The van der Waals surface area contributed by atoms with Crippen LogP contribution in [-0.4, -0.2) is 17.6 Å². The van der Waals surface area contributed by atoms with Gasteiger partial charge in [-0.15, -0.1) is 0 Å². The molecule has 0 aromatic carbocycles. The second-order valence-corrected chi connectivity index (χ2v) is 3.50. The molecule has 4 nitrogen and oxygen atoms in total. The van der Waals surface area contributed by atoms with Crippen molar-refractivity contribution in [2.75, 3.05) is 0 Å². The van der Waals surface area contributed by atoms with E-state index in [9.17, 15) is 4.79 Å². The van der Waals surface area contributed by atoms with Crippen LogP contribution in [0.1, 0.15) is 27.2 Å². The Kier molecular flexibility index (Phi) is 3.71. The van der Waals surface area contributed by atoms with Gasteiger partial charge in [-0.05, 0) is 20.8 Å². The monoisotopic (exact) mass is 170 g/mol. The summed E-state index contributed by atoms with van der Waals surface area (Å²) in [4.78, 5) is 11.1. The van der Waals surface area contributed by atoms with Crippen LogP contribution in [0.5, 0.6) is 0 Å². The molecule has 0 aliphatic heterocycles. The van der Waals surface area contributed by atoms with Crippen LogP contribution in [0.25, 0.3) is 0 Å². The maximum Gasteiger partial charge on any atom is 0.324 e. The average molecular weight is 170 g/mol. The predicted octanol–water partition coefficient (Wildman–Crippen LogP) is 0.569. The first-order chi connectivity index (χ1) is 5.37. The number of esters is 1. The molecule has 0 rings (SSSR count). The lowest BCUT2D eigenvalue weighted by Gasteiger charge is -2.21. The summed E-state index contributed by atoms with van der Waals surface area (Å²) in [7, 11) is 0. The fraction of sp³-hybridized carbons (Fsp3) is 0.750. The van der Waals surface area contributed by atoms with Crippen LogP contribution < -0.4 is 5.73 Å². The van der Waals surface area contributed by atoms with Crippen LogP contribution >= 0.6 is 0 Å². The van der Waals surface area contributed by atoms with Crippen LogP contribution in [0.4, 0.5) is 0 Å². The van der Waals surface area contributed by atoms with Crippen molar-refractivity contribution in [3.63, 3.8) is 0 Å². The van der Waals surface area contributed by atoms with E-state index in [0.29, 0.717) is 0 Å². The molecular weight excluding hydrogens is 156 g/mol. The van der Waals surface area contributed by atoms with Gasteiger partial charge in [-0.3, -0.25) is 4.79 Å². The number of nitrogens with two attached hydrogens (primary N) is 1. The number of carbonyl (C=O) groups excluding carboxylic acids is 1. The van der Waals surface area contributed by atoms with Gasteiger partial charge in [0, 0.05) is 0 Å². The summed E-state index contributed by atoms with van der Waals surface area (Å²) in [6.45, 7) is 5.26. The molecule has 0 aromatic rings. The lowest BCUT2D eigenvalue weighted by Crippen LogP contribution is -2.37. The Morgan fingerprint density at radius 2 is 2.17 bits per heavy atom. The van der Waals surface area contributed by atoms with Gasteiger partial charge in [-0.2, -0.15) is 5.26 Å². The van der Waals surface area contributed by atoms with Crippen molar-refractivity contribution in [2.24, 2.45) is 5.73 Å². The van der Waals surface area contributed by atoms with E-state index in [1.807, 2.05) is 6.07 Å². The van der Waals surface area contributed by atoms with E-state index >= 15 is 0 Å². The molecule has 2 N–H and O–H groups in total. The van der Waals surface area contributed by atoms with Gasteiger partial charge >= 0.3 is 5.97 Å². The molecule has 4 heteroatoms. The highest BCUT2D eigenvalue weighted by Gasteiger charge is 2.21. The zero-order valence-corrected chi connectivity index (χ0v) is 7.63. The molecule has 0 heterocycles. The zero-order chi connectivity index (χ0) is 9.78. The molecule has 0 saturated carbocycles. The molecule has 0 amide bonds. The Morgan fingerprint density at radius 1 is 1.67 bits per heavy atom. The maximum atomic E-state index is 11.1. The smallest absolute Gasteiger partial charge is 0.324 e. The minimum atomic E-state index is -0.825. The summed E-state index contributed by atoms with van der Waals surface area (Å²) in [6.07, 6.45) is -0.00505. The molecule has 0 aliphatic rings. The van der Waals surface area contributed by atoms with Crippen LogP contribution in [0.3, 0.4) is 0 Å². The fourth-order valence-corrected chi connectivity index (χ4v) is 0.559. The van der Waals surface area contributed by atoms with Crippen LogP contribution in [0.15, 0.2) is 0 Å². The highest BCUT2D eigenvalue weighted by Crippen LogP contribution is 2.08. The van der Waals surface area contributed by atoms with Gasteiger partial charge in [0.15, 0.2) is 0 Å². The van der Waals surface area contributed by atoms with E-state index in [1.54, 1.807) is 20.8 Å². The number of nitriles is 1. The minimum absolute atomic E-state index is 0.00505. The number of ether oxygens (including phenoxy) is 1. The van der Waals surface area contributed by atoms with Crippen molar-refractivity contribution in [3.05, 3.63) is 0 Å². The molecule has 1 unspecified atom stereocenters. The van der Waals surface area contributed by atoms with E-state index in [0.717, 1.165) is 0 Å². The first-order valence-electron chi connectivity index (χ1n) is 3.72. The molecule has 12 heavy (non-hydrogen) atoms. The van der Waals surface area contributed by atoms with Gasteiger partial charge in [0.1, 0.15) is 11.6 Å². The first-order valence-corrected chi connectivity index (χ1v) is 3.72. The predicted molar refractivity (Wildman–Crippen MR) is 44.1 cm³/mol. The third kappa shape index (κ3) is 4.69. The van der Waals surface area contributed by atoms with Crippen molar-refractivity contribution in [1.82, 2.24) is 0 Å². The van der Waals surface area contributed by atoms with Crippen LogP contribution in [0, 0.1) is 11.3 Å². The first kappa shape index (κ1) is 10.9. The highest BCUT2D eigenvalue weighted by molar-refractivity contribution is 5.76. The van der Waals surface area contributed by atoms with Crippen molar-refractivity contribution in [2.45, 2.75) is 38.8 Å². The van der Waals surface area contributed by atoms with Gasteiger partial charge in [0.2, 0.25) is 0 Å². The third-order valence-electron chi connectivity index (χ3n) is 1.02. The second kappa shape index (κ2) is 4.07. The van der Waals surface area contributed by atoms with Gasteiger partial charge in [-0.1, -0.05) is 0 Å². The van der Waals surface area contributed by atoms with Crippen molar-refractivity contribution >= 4 is 5.97 Å². The molecule has 0 fully saturated rings. The Morgan fingerprint density at radius 3 is 2.50 bits per heavy atom. The Hall–Kier alpha value is -1.08. The Labute approximate surface area is 72.3 Å². The largest absolute Gasteiger partial charge is 0.459 e. The zero-order valence-electron chi connectivity index (χ0n) is 7.63. The Bertz CT molecular complexity index is 200. The van der Waals surface area contributed by atoms with Gasteiger partial charge in [0.25, 0.3) is 0 Å². The highest BCUT2D eigenvalue weighted by atomic mass is 16.6. The van der Waals surface area contributed by atoms with E-state index in [2.05, 4.69) is 0 Å². The number of hydrogen-bond donors (Lipinski definition) is 1. The quantitative estimate of drug-likeness (QED) is 0.614. The number of hydrogen-bond acceptors (Lipinski definition) is 4. The van der Waals surface area contributed by atoms with Gasteiger partial charge in [0.05, 0.1) is 12.5 Å². The molecule has 0 radical (unpaired) electrons. The average Bonchev–Trinajstić information content (AvgIpc) is 1.84. The number of nitrogens with zero attached hydrogens (tertiary/aromatic N) is 1.